The fourth-order valence-corrected chi connectivity index (χ4v) is 4.82. The predicted octanol–water partition coefficient (Wildman–Crippen LogP) is 4.66. The molecule has 0 fully saturated rings. The number of para-hydroxylation sites is 2. The molecule has 0 saturated carbocycles. The first-order valence-corrected chi connectivity index (χ1v) is 13.2. The van der Waals surface area contributed by atoms with Crippen molar-refractivity contribution in [2.24, 2.45) is 0 Å². The molecule has 184 valence electrons. The standard InChI is InChI=1S/C27H31N3O4S/c1-18(2)28-27(32)23-11-6-7-12-24(23)29-26(31)22-15-13-21(14-16-22)17-30(35(5,33)34)25-19(3)9-8-10-20(25)4/h6-16,18H,17H2,1-5H3,(H,28,32)(H,29,31). The third kappa shape index (κ3) is 6.48. The number of rotatable bonds is 8. The molecule has 3 aromatic carbocycles. The molecule has 35 heavy (non-hydrogen) atoms. The van der Waals surface area contributed by atoms with Crippen molar-refractivity contribution < 1.29 is 18.0 Å². The summed E-state index contributed by atoms with van der Waals surface area (Å²) in [5.41, 5.74) is 4.32. The molecule has 8 heteroatoms. The third-order valence-corrected chi connectivity index (χ3v) is 6.58. The van der Waals surface area contributed by atoms with Gasteiger partial charge in [-0.3, -0.25) is 13.9 Å². The smallest absolute Gasteiger partial charge is 0.255 e. The van der Waals surface area contributed by atoms with Crippen LogP contribution in [0.3, 0.4) is 0 Å². The highest BCUT2D eigenvalue weighted by Gasteiger charge is 2.22. The number of hydrogen-bond donors (Lipinski definition) is 2. The van der Waals surface area contributed by atoms with E-state index < -0.39 is 10.0 Å². The number of aryl methyl sites for hydroxylation is 2. The van der Waals surface area contributed by atoms with Crippen LogP contribution in [0.25, 0.3) is 0 Å². The van der Waals surface area contributed by atoms with Crippen LogP contribution in [0.1, 0.15) is 51.3 Å². The molecule has 0 aromatic heterocycles. The van der Waals surface area contributed by atoms with Gasteiger partial charge in [0.15, 0.2) is 0 Å². The molecule has 0 aliphatic rings. The Morgan fingerprint density at radius 1 is 0.857 bits per heavy atom. The summed E-state index contributed by atoms with van der Waals surface area (Å²) in [7, 11) is -3.53. The summed E-state index contributed by atoms with van der Waals surface area (Å²) >= 11 is 0. The van der Waals surface area contributed by atoms with Gasteiger partial charge in [-0.25, -0.2) is 8.42 Å². The molecule has 2 N–H and O–H groups in total. The molecule has 3 aromatic rings. The zero-order valence-electron chi connectivity index (χ0n) is 20.6. The number of sulfonamides is 1. The maximum Gasteiger partial charge on any atom is 0.255 e. The van der Waals surface area contributed by atoms with Gasteiger partial charge in [0, 0.05) is 11.6 Å². The molecule has 0 atom stereocenters. The highest BCUT2D eigenvalue weighted by Crippen LogP contribution is 2.28. The minimum atomic E-state index is -3.53. The fraction of sp³-hybridized carbons (Fsp3) is 0.259. The van der Waals surface area contributed by atoms with E-state index in [0.717, 1.165) is 16.7 Å². The summed E-state index contributed by atoms with van der Waals surface area (Å²) < 4.78 is 26.6. The topological polar surface area (TPSA) is 95.6 Å². The second-order valence-electron chi connectivity index (χ2n) is 8.83. The van der Waals surface area contributed by atoms with Crippen molar-refractivity contribution in [3.05, 3.63) is 94.5 Å². The maximum absolute atomic E-state index is 12.9. The normalized spacial score (nSPS) is 11.3. The summed E-state index contributed by atoms with van der Waals surface area (Å²) in [6.07, 6.45) is 1.19. The summed E-state index contributed by atoms with van der Waals surface area (Å²) in [4.78, 5) is 25.3. The average molecular weight is 494 g/mol. The van der Waals surface area contributed by atoms with Crippen LogP contribution in [0.2, 0.25) is 0 Å². The van der Waals surface area contributed by atoms with Crippen LogP contribution in [0.5, 0.6) is 0 Å². The summed E-state index contributed by atoms with van der Waals surface area (Å²) in [5.74, 6) is -0.630. The number of carbonyl (C=O) groups excluding carboxylic acids is 2. The molecule has 7 nitrogen and oxygen atoms in total. The Balaban J connectivity index is 1.81. The Morgan fingerprint density at radius 2 is 1.46 bits per heavy atom. The van der Waals surface area contributed by atoms with Gasteiger partial charge >= 0.3 is 0 Å². The molecule has 3 rings (SSSR count). The van der Waals surface area contributed by atoms with E-state index in [-0.39, 0.29) is 24.4 Å². The molecular formula is C27H31N3O4S. The van der Waals surface area contributed by atoms with E-state index in [1.54, 1.807) is 48.5 Å². The SMILES string of the molecule is Cc1cccc(C)c1N(Cc1ccc(C(=O)Nc2ccccc2C(=O)NC(C)C)cc1)S(C)(=O)=O. The van der Waals surface area contributed by atoms with Gasteiger partial charge in [0.05, 0.1) is 29.7 Å². The number of nitrogens with one attached hydrogen (secondary N) is 2. The van der Waals surface area contributed by atoms with Crippen LogP contribution < -0.4 is 14.9 Å². The summed E-state index contributed by atoms with van der Waals surface area (Å²) in [6, 6.07) is 19.2. The number of hydrogen-bond acceptors (Lipinski definition) is 4. The largest absolute Gasteiger partial charge is 0.350 e. The number of anilines is 2. The molecule has 2 amide bonds. The van der Waals surface area contributed by atoms with E-state index in [4.69, 9.17) is 0 Å². The van der Waals surface area contributed by atoms with Crippen LogP contribution in [0, 0.1) is 13.8 Å². The van der Waals surface area contributed by atoms with Gasteiger partial charge < -0.3 is 10.6 Å². The van der Waals surface area contributed by atoms with E-state index in [2.05, 4.69) is 10.6 Å². The second kappa shape index (κ2) is 10.7. The number of nitrogens with zero attached hydrogens (tertiary/aromatic N) is 1. The van der Waals surface area contributed by atoms with Crippen molar-refractivity contribution in [1.82, 2.24) is 5.32 Å². The second-order valence-corrected chi connectivity index (χ2v) is 10.7. The van der Waals surface area contributed by atoms with Crippen LogP contribution in [-0.4, -0.2) is 32.5 Å². The van der Waals surface area contributed by atoms with E-state index in [1.165, 1.54) is 10.6 Å². The van der Waals surface area contributed by atoms with E-state index in [1.807, 2.05) is 45.9 Å². The zero-order valence-corrected chi connectivity index (χ0v) is 21.4. The van der Waals surface area contributed by atoms with Crippen LogP contribution in [0.15, 0.2) is 66.7 Å². The third-order valence-electron chi connectivity index (χ3n) is 5.47. The monoisotopic (exact) mass is 493 g/mol. The minimum Gasteiger partial charge on any atom is -0.350 e. The Hall–Kier alpha value is -3.65. The minimum absolute atomic E-state index is 0.0336. The lowest BCUT2D eigenvalue weighted by atomic mass is 10.1. The fourth-order valence-electron chi connectivity index (χ4n) is 3.81. The van der Waals surface area contributed by atoms with Crippen LogP contribution in [-0.2, 0) is 16.6 Å². The Bertz CT molecular complexity index is 1310. The quantitative estimate of drug-likeness (QED) is 0.477. The first-order chi connectivity index (χ1) is 16.5. The maximum atomic E-state index is 12.9. The van der Waals surface area contributed by atoms with Crippen molar-refractivity contribution in [2.45, 2.75) is 40.3 Å². The summed E-state index contributed by atoms with van der Waals surface area (Å²) in [6.45, 7) is 7.64. The average Bonchev–Trinajstić information content (AvgIpc) is 2.78. The van der Waals surface area contributed by atoms with Gasteiger partial charge in [0.1, 0.15) is 0 Å². The molecule has 0 radical (unpaired) electrons. The molecule has 0 heterocycles. The van der Waals surface area contributed by atoms with Crippen molar-refractivity contribution in [2.75, 3.05) is 15.9 Å². The molecule has 0 saturated heterocycles. The zero-order chi connectivity index (χ0) is 25.8. The highest BCUT2D eigenvalue weighted by molar-refractivity contribution is 7.92. The van der Waals surface area contributed by atoms with E-state index >= 15 is 0 Å². The van der Waals surface area contributed by atoms with Gasteiger partial charge in [-0.15, -0.1) is 0 Å². The molecule has 0 aliphatic carbocycles. The lowest BCUT2D eigenvalue weighted by Gasteiger charge is -2.26. The number of benzene rings is 3. The van der Waals surface area contributed by atoms with Gasteiger partial charge in [-0.1, -0.05) is 42.5 Å². The van der Waals surface area contributed by atoms with Gasteiger partial charge in [-0.05, 0) is 68.7 Å². The summed E-state index contributed by atoms with van der Waals surface area (Å²) in [5, 5.41) is 5.63. The van der Waals surface area contributed by atoms with Crippen molar-refractivity contribution in [3.8, 4) is 0 Å². The van der Waals surface area contributed by atoms with Gasteiger partial charge in [-0.2, -0.15) is 0 Å². The van der Waals surface area contributed by atoms with Gasteiger partial charge in [0.25, 0.3) is 11.8 Å². The Morgan fingerprint density at radius 3 is 2.03 bits per heavy atom. The molecular weight excluding hydrogens is 462 g/mol. The first-order valence-electron chi connectivity index (χ1n) is 11.3. The first kappa shape index (κ1) is 26.0. The number of amides is 2. The lowest BCUT2D eigenvalue weighted by molar-refractivity contribution is 0.0944. The van der Waals surface area contributed by atoms with Crippen molar-refractivity contribution in [1.29, 1.82) is 0 Å². The molecule has 0 aliphatic heterocycles. The Labute approximate surface area is 207 Å². The Kier molecular flexibility index (Phi) is 7.96. The van der Waals surface area contributed by atoms with Crippen LogP contribution in [0.4, 0.5) is 11.4 Å². The molecule has 0 spiro atoms. The van der Waals surface area contributed by atoms with E-state index in [0.29, 0.717) is 22.5 Å². The van der Waals surface area contributed by atoms with Crippen LogP contribution >= 0.6 is 0 Å². The van der Waals surface area contributed by atoms with Gasteiger partial charge in [0.2, 0.25) is 10.0 Å². The van der Waals surface area contributed by atoms with E-state index in [9.17, 15) is 18.0 Å². The highest BCUT2D eigenvalue weighted by atomic mass is 32.2. The lowest BCUT2D eigenvalue weighted by Crippen LogP contribution is -2.31. The van der Waals surface area contributed by atoms with Crippen molar-refractivity contribution in [3.63, 3.8) is 0 Å². The number of carbonyl (C=O) groups is 2. The predicted molar refractivity (Wildman–Crippen MR) is 140 cm³/mol. The molecule has 0 bridgehead atoms. The molecule has 0 unspecified atom stereocenters. The van der Waals surface area contributed by atoms with Crippen molar-refractivity contribution >= 4 is 33.2 Å².